The normalized spacial score (nSPS) is 36.1. The van der Waals surface area contributed by atoms with E-state index in [4.69, 9.17) is 4.74 Å². The number of hydrogen-bond acceptors (Lipinski definition) is 2. The first-order valence-corrected chi connectivity index (χ1v) is 7.24. The van der Waals surface area contributed by atoms with Gasteiger partial charge >= 0.3 is 0 Å². The van der Waals surface area contributed by atoms with Crippen LogP contribution in [0.3, 0.4) is 0 Å². The lowest BCUT2D eigenvalue weighted by Crippen LogP contribution is -2.48. The van der Waals surface area contributed by atoms with Crippen molar-refractivity contribution in [2.45, 2.75) is 56.7 Å². The van der Waals surface area contributed by atoms with Crippen molar-refractivity contribution in [2.24, 2.45) is 0 Å². The second-order valence-corrected chi connectivity index (χ2v) is 5.85. The SMILES string of the molecule is CC1CC(NC2CC(c3ccccc3)C2)CCO1. The number of ether oxygens (including phenoxy) is 1. The molecule has 2 aliphatic rings. The summed E-state index contributed by atoms with van der Waals surface area (Å²) in [4.78, 5) is 0. The molecule has 98 valence electrons. The molecule has 0 bridgehead atoms. The Balaban J connectivity index is 1.45. The predicted octanol–water partition coefficient (Wildman–Crippen LogP) is 3.09. The first-order chi connectivity index (χ1) is 8.81. The first kappa shape index (κ1) is 12.2. The maximum absolute atomic E-state index is 5.59. The Labute approximate surface area is 110 Å². The molecule has 1 aromatic rings. The number of hydrogen-bond donors (Lipinski definition) is 1. The second kappa shape index (κ2) is 5.41. The van der Waals surface area contributed by atoms with E-state index in [-0.39, 0.29) is 0 Å². The fraction of sp³-hybridized carbons (Fsp3) is 0.625. The molecule has 1 heterocycles. The van der Waals surface area contributed by atoms with E-state index in [1.807, 2.05) is 0 Å². The molecule has 1 N–H and O–H groups in total. The predicted molar refractivity (Wildman–Crippen MR) is 73.8 cm³/mol. The summed E-state index contributed by atoms with van der Waals surface area (Å²) in [6.45, 7) is 3.11. The zero-order valence-electron chi connectivity index (χ0n) is 11.1. The average molecular weight is 245 g/mol. The summed E-state index contributed by atoms with van der Waals surface area (Å²) < 4.78 is 5.59. The Morgan fingerprint density at radius 3 is 2.56 bits per heavy atom. The highest BCUT2D eigenvalue weighted by atomic mass is 16.5. The van der Waals surface area contributed by atoms with Crippen molar-refractivity contribution in [3.63, 3.8) is 0 Å². The molecule has 3 rings (SSSR count). The molecule has 2 atom stereocenters. The van der Waals surface area contributed by atoms with E-state index in [1.54, 1.807) is 0 Å². The molecular weight excluding hydrogens is 222 g/mol. The van der Waals surface area contributed by atoms with Gasteiger partial charge in [0.05, 0.1) is 6.10 Å². The van der Waals surface area contributed by atoms with Gasteiger partial charge in [-0.05, 0) is 44.1 Å². The first-order valence-electron chi connectivity index (χ1n) is 7.24. The Morgan fingerprint density at radius 1 is 1.06 bits per heavy atom. The summed E-state index contributed by atoms with van der Waals surface area (Å²) in [6, 6.07) is 12.3. The minimum absolute atomic E-state index is 0.432. The molecule has 2 unspecified atom stereocenters. The molecule has 1 saturated heterocycles. The van der Waals surface area contributed by atoms with Gasteiger partial charge in [0, 0.05) is 18.7 Å². The summed E-state index contributed by atoms with van der Waals surface area (Å²) in [6.07, 6.45) is 5.38. The van der Waals surface area contributed by atoms with Gasteiger partial charge in [0.15, 0.2) is 0 Å². The van der Waals surface area contributed by atoms with Crippen LogP contribution in [0.1, 0.15) is 44.1 Å². The lowest BCUT2D eigenvalue weighted by molar-refractivity contribution is 0.00851. The lowest BCUT2D eigenvalue weighted by atomic mass is 9.75. The van der Waals surface area contributed by atoms with Crippen molar-refractivity contribution in [3.8, 4) is 0 Å². The molecule has 18 heavy (non-hydrogen) atoms. The fourth-order valence-electron chi connectivity index (χ4n) is 3.23. The van der Waals surface area contributed by atoms with Gasteiger partial charge in [-0.3, -0.25) is 0 Å². The third-order valence-electron chi connectivity index (χ3n) is 4.37. The van der Waals surface area contributed by atoms with E-state index in [0.717, 1.165) is 18.6 Å². The van der Waals surface area contributed by atoms with Gasteiger partial charge in [-0.2, -0.15) is 0 Å². The molecule has 2 nitrogen and oxygen atoms in total. The van der Waals surface area contributed by atoms with Gasteiger partial charge in [-0.25, -0.2) is 0 Å². The van der Waals surface area contributed by atoms with E-state index in [9.17, 15) is 0 Å². The van der Waals surface area contributed by atoms with Crippen LogP contribution in [-0.2, 0) is 4.74 Å². The summed E-state index contributed by atoms with van der Waals surface area (Å²) >= 11 is 0. The topological polar surface area (TPSA) is 21.3 Å². The van der Waals surface area contributed by atoms with Gasteiger partial charge in [-0.15, -0.1) is 0 Å². The maximum atomic E-state index is 5.59. The average Bonchev–Trinajstić information content (AvgIpc) is 2.34. The van der Waals surface area contributed by atoms with Crippen LogP contribution >= 0.6 is 0 Å². The van der Waals surface area contributed by atoms with Crippen LogP contribution in [0.2, 0.25) is 0 Å². The van der Waals surface area contributed by atoms with E-state index in [2.05, 4.69) is 42.6 Å². The summed E-state index contributed by atoms with van der Waals surface area (Å²) in [5, 5.41) is 3.81. The van der Waals surface area contributed by atoms with Gasteiger partial charge in [-0.1, -0.05) is 30.3 Å². The quantitative estimate of drug-likeness (QED) is 0.883. The smallest absolute Gasteiger partial charge is 0.0561 e. The fourth-order valence-corrected chi connectivity index (χ4v) is 3.23. The second-order valence-electron chi connectivity index (χ2n) is 5.85. The summed E-state index contributed by atoms with van der Waals surface area (Å²) in [5.41, 5.74) is 1.51. The minimum atomic E-state index is 0.432. The van der Waals surface area contributed by atoms with Crippen LogP contribution in [0.25, 0.3) is 0 Å². The van der Waals surface area contributed by atoms with Crippen molar-refractivity contribution >= 4 is 0 Å². The van der Waals surface area contributed by atoms with Crippen LogP contribution in [0.15, 0.2) is 30.3 Å². The van der Waals surface area contributed by atoms with Crippen molar-refractivity contribution in [1.29, 1.82) is 0 Å². The van der Waals surface area contributed by atoms with Crippen LogP contribution in [-0.4, -0.2) is 24.8 Å². The molecule has 2 fully saturated rings. The molecular formula is C16H23NO. The van der Waals surface area contributed by atoms with E-state index in [1.165, 1.54) is 31.2 Å². The summed E-state index contributed by atoms with van der Waals surface area (Å²) in [5.74, 6) is 0.779. The van der Waals surface area contributed by atoms with Crippen LogP contribution < -0.4 is 5.32 Å². The Kier molecular flexibility index (Phi) is 3.67. The van der Waals surface area contributed by atoms with Gasteiger partial charge in [0.1, 0.15) is 0 Å². The molecule has 0 aromatic heterocycles. The number of nitrogens with one attached hydrogen (secondary N) is 1. The molecule has 0 radical (unpaired) electrons. The molecule has 0 spiro atoms. The zero-order valence-corrected chi connectivity index (χ0v) is 11.1. The maximum Gasteiger partial charge on any atom is 0.0561 e. The van der Waals surface area contributed by atoms with Crippen LogP contribution in [0, 0.1) is 0 Å². The van der Waals surface area contributed by atoms with E-state index >= 15 is 0 Å². The van der Waals surface area contributed by atoms with Gasteiger partial charge < -0.3 is 10.1 Å². The van der Waals surface area contributed by atoms with Crippen molar-refractivity contribution < 1.29 is 4.74 Å². The highest BCUT2D eigenvalue weighted by Crippen LogP contribution is 2.37. The van der Waals surface area contributed by atoms with Crippen molar-refractivity contribution in [1.82, 2.24) is 5.32 Å². The highest BCUT2D eigenvalue weighted by Gasteiger charge is 2.32. The Bertz CT molecular complexity index is 372. The number of rotatable bonds is 3. The molecule has 1 aromatic carbocycles. The molecule has 1 aliphatic carbocycles. The van der Waals surface area contributed by atoms with E-state index < -0.39 is 0 Å². The molecule has 1 saturated carbocycles. The van der Waals surface area contributed by atoms with Crippen molar-refractivity contribution in [2.75, 3.05) is 6.61 Å². The monoisotopic (exact) mass is 245 g/mol. The van der Waals surface area contributed by atoms with Gasteiger partial charge in [0.2, 0.25) is 0 Å². The lowest BCUT2D eigenvalue weighted by Gasteiger charge is -2.40. The Morgan fingerprint density at radius 2 is 1.83 bits per heavy atom. The minimum Gasteiger partial charge on any atom is -0.378 e. The van der Waals surface area contributed by atoms with Crippen LogP contribution in [0.5, 0.6) is 0 Å². The van der Waals surface area contributed by atoms with Crippen LogP contribution in [0.4, 0.5) is 0 Å². The highest BCUT2D eigenvalue weighted by molar-refractivity contribution is 5.22. The van der Waals surface area contributed by atoms with Gasteiger partial charge in [0.25, 0.3) is 0 Å². The summed E-state index contributed by atoms with van der Waals surface area (Å²) in [7, 11) is 0. The number of benzene rings is 1. The third kappa shape index (κ3) is 2.76. The molecule has 1 aliphatic heterocycles. The van der Waals surface area contributed by atoms with E-state index in [0.29, 0.717) is 12.1 Å². The third-order valence-corrected chi connectivity index (χ3v) is 4.37. The standard InChI is InChI=1S/C16H23NO/c1-12-9-15(7-8-18-12)17-16-10-14(11-16)13-5-3-2-4-6-13/h2-6,12,14-17H,7-11H2,1H3. The largest absolute Gasteiger partial charge is 0.378 e. The van der Waals surface area contributed by atoms with Crippen molar-refractivity contribution in [3.05, 3.63) is 35.9 Å². The Hall–Kier alpha value is -0.860. The molecule has 2 heteroatoms. The molecule has 0 amide bonds. The zero-order chi connectivity index (χ0) is 12.4.